The van der Waals surface area contributed by atoms with Crippen LogP contribution in [0, 0.1) is 0 Å². The number of aromatic nitrogens is 2. The fourth-order valence-electron chi connectivity index (χ4n) is 3.28. The van der Waals surface area contributed by atoms with Crippen molar-refractivity contribution >= 4 is 11.9 Å². The monoisotopic (exact) mass is 354 g/mol. The fraction of sp³-hybridized carbons (Fsp3) is 0.450. The molecule has 0 aliphatic heterocycles. The number of para-hydroxylation sites is 1. The number of benzene rings is 1. The number of anilines is 1. The number of carbonyl (C=O) groups is 1. The van der Waals surface area contributed by atoms with Crippen LogP contribution in [-0.4, -0.2) is 29.0 Å². The molecule has 0 bridgehead atoms. The minimum Gasteiger partial charge on any atom is -0.496 e. The van der Waals surface area contributed by atoms with Crippen LogP contribution >= 0.6 is 0 Å². The van der Waals surface area contributed by atoms with E-state index in [0.717, 1.165) is 24.2 Å². The van der Waals surface area contributed by atoms with Gasteiger partial charge in [-0.3, -0.25) is 4.79 Å². The van der Waals surface area contributed by atoms with E-state index >= 15 is 0 Å². The van der Waals surface area contributed by atoms with E-state index in [1.54, 1.807) is 19.4 Å². The molecule has 26 heavy (non-hydrogen) atoms. The smallest absolute Gasteiger partial charge is 0.270 e. The summed E-state index contributed by atoms with van der Waals surface area (Å²) in [7, 11) is 1.65. The molecule has 1 heterocycles. The van der Waals surface area contributed by atoms with Crippen LogP contribution in [0.2, 0.25) is 0 Å². The van der Waals surface area contributed by atoms with Crippen molar-refractivity contribution in [1.29, 1.82) is 0 Å². The molecule has 3 rings (SSSR count). The van der Waals surface area contributed by atoms with Crippen molar-refractivity contribution in [2.24, 2.45) is 0 Å². The van der Waals surface area contributed by atoms with Crippen molar-refractivity contribution in [3.8, 4) is 5.75 Å². The molecule has 1 aromatic carbocycles. The second kappa shape index (κ2) is 9.17. The first-order valence-corrected chi connectivity index (χ1v) is 9.26. The summed E-state index contributed by atoms with van der Waals surface area (Å²) in [5.74, 6) is 1.12. The average molecular weight is 354 g/mol. The number of carbonyl (C=O) groups excluding carboxylic acids is 1. The number of ether oxygens (including phenoxy) is 1. The van der Waals surface area contributed by atoms with Crippen LogP contribution in [0.15, 0.2) is 36.5 Å². The number of nitrogens with zero attached hydrogens (tertiary/aromatic N) is 2. The van der Waals surface area contributed by atoms with Gasteiger partial charge >= 0.3 is 0 Å². The number of rotatable bonds is 6. The summed E-state index contributed by atoms with van der Waals surface area (Å²) < 4.78 is 5.35. The quantitative estimate of drug-likeness (QED) is 0.776. The van der Waals surface area contributed by atoms with Gasteiger partial charge in [0.25, 0.3) is 5.91 Å². The maximum atomic E-state index is 12.5. The van der Waals surface area contributed by atoms with Gasteiger partial charge in [0.15, 0.2) is 0 Å². The molecular weight excluding hydrogens is 328 g/mol. The number of methoxy groups -OCH3 is 1. The first kappa shape index (κ1) is 18.2. The lowest BCUT2D eigenvalue weighted by molar-refractivity contribution is 0.0928. The van der Waals surface area contributed by atoms with Gasteiger partial charge in [0, 0.05) is 24.3 Å². The van der Waals surface area contributed by atoms with Crippen LogP contribution in [0.1, 0.15) is 54.6 Å². The van der Waals surface area contributed by atoms with Crippen LogP contribution in [0.3, 0.4) is 0 Å². The second-order valence-corrected chi connectivity index (χ2v) is 6.59. The Hall–Kier alpha value is -2.63. The molecule has 2 aromatic rings. The molecule has 2 N–H and O–H groups in total. The molecule has 6 nitrogen and oxygen atoms in total. The Balaban J connectivity index is 1.61. The largest absolute Gasteiger partial charge is 0.496 e. The van der Waals surface area contributed by atoms with E-state index < -0.39 is 0 Å². The first-order chi connectivity index (χ1) is 12.8. The summed E-state index contributed by atoms with van der Waals surface area (Å²) in [6.07, 6.45) is 8.60. The predicted molar refractivity (Wildman–Crippen MR) is 101 cm³/mol. The lowest BCUT2D eigenvalue weighted by Crippen LogP contribution is -2.35. The van der Waals surface area contributed by atoms with E-state index in [0.29, 0.717) is 18.2 Å². The molecule has 1 aliphatic rings. The zero-order valence-electron chi connectivity index (χ0n) is 15.2. The molecule has 6 heteroatoms. The molecule has 0 unspecified atom stereocenters. The SMILES string of the molecule is COc1ccccc1CNc1nccc(C(=O)NC2CCCCCC2)n1. The molecule has 1 amide bonds. The summed E-state index contributed by atoms with van der Waals surface area (Å²) in [6.45, 7) is 0.526. The van der Waals surface area contributed by atoms with Gasteiger partial charge in [-0.1, -0.05) is 43.9 Å². The van der Waals surface area contributed by atoms with Gasteiger partial charge < -0.3 is 15.4 Å². The van der Waals surface area contributed by atoms with Gasteiger partial charge in [-0.2, -0.15) is 0 Å². The minimum absolute atomic E-state index is 0.125. The van der Waals surface area contributed by atoms with Crippen molar-refractivity contribution in [2.45, 2.75) is 51.1 Å². The molecule has 0 atom stereocenters. The lowest BCUT2D eigenvalue weighted by atomic mass is 10.1. The number of hydrogen-bond acceptors (Lipinski definition) is 5. The lowest BCUT2D eigenvalue weighted by Gasteiger charge is -2.16. The van der Waals surface area contributed by atoms with Crippen LogP contribution in [0.5, 0.6) is 5.75 Å². The highest BCUT2D eigenvalue weighted by Gasteiger charge is 2.17. The van der Waals surface area contributed by atoms with Crippen molar-refractivity contribution < 1.29 is 9.53 Å². The number of hydrogen-bond donors (Lipinski definition) is 2. The van der Waals surface area contributed by atoms with Gasteiger partial charge in [-0.05, 0) is 25.0 Å². The van der Waals surface area contributed by atoms with Gasteiger partial charge in [0.05, 0.1) is 7.11 Å². The van der Waals surface area contributed by atoms with Gasteiger partial charge in [0.2, 0.25) is 5.95 Å². The summed E-state index contributed by atoms with van der Waals surface area (Å²) >= 11 is 0. The summed E-state index contributed by atoms with van der Waals surface area (Å²) in [6, 6.07) is 9.68. The molecule has 0 saturated heterocycles. The third-order valence-corrected chi connectivity index (χ3v) is 4.71. The normalized spacial score (nSPS) is 15.1. The van der Waals surface area contributed by atoms with Gasteiger partial charge in [-0.15, -0.1) is 0 Å². The minimum atomic E-state index is -0.125. The van der Waals surface area contributed by atoms with E-state index in [4.69, 9.17) is 4.74 Å². The Morgan fingerprint density at radius 2 is 1.92 bits per heavy atom. The Morgan fingerprint density at radius 1 is 1.15 bits per heavy atom. The van der Waals surface area contributed by atoms with Crippen LogP contribution < -0.4 is 15.4 Å². The molecule has 138 valence electrons. The van der Waals surface area contributed by atoms with Gasteiger partial charge in [-0.25, -0.2) is 9.97 Å². The number of nitrogens with one attached hydrogen (secondary N) is 2. The molecule has 1 fully saturated rings. The van der Waals surface area contributed by atoms with E-state index in [1.165, 1.54) is 25.7 Å². The summed E-state index contributed by atoms with van der Waals surface area (Å²) in [5.41, 5.74) is 1.40. The molecular formula is C20H26N4O2. The van der Waals surface area contributed by atoms with E-state index in [2.05, 4.69) is 20.6 Å². The van der Waals surface area contributed by atoms with Crippen molar-refractivity contribution in [2.75, 3.05) is 12.4 Å². The number of amides is 1. The van der Waals surface area contributed by atoms with Crippen molar-refractivity contribution in [3.05, 3.63) is 47.8 Å². The molecule has 0 spiro atoms. The summed E-state index contributed by atoms with van der Waals surface area (Å²) in [5, 5.41) is 6.28. The Kier molecular flexibility index (Phi) is 6.41. The molecule has 1 aromatic heterocycles. The zero-order valence-corrected chi connectivity index (χ0v) is 15.2. The Labute approximate surface area is 154 Å². The van der Waals surface area contributed by atoms with Crippen molar-refractivity contribution in [3.63, 3.8) is 0 Å². The second-order valence-electron chi connectivity index (χ2n) is 6.59. The van der Waals surface area contributed by atoms with E-state index in [9.17, 15) is 4.79 Å². The highest BCUT2D eigenvalue weighted by molar-refractivity contribution is 5.92. The fourth-order valence-corrected chi connectivity index (χ4v) is 3.28. The highest BCUT2D eigenvalue weighted by atomic mass is 16.5. The third-order valence-electron chi connectivity index (χ3n) is 4.71. The molecule has 0 radical (unpaired) electrons. The first-order valence-electron chi connectivity index (χ1n) is 9.26. The molecule has 1 aliphatic carbocycles. The van der Waals surface area contributed by atoms with Crippen LogP contribution in [-0.2, 0) is 6.54 Å². The maximum Gasteiger partial charge on any atom is 0.270 e. The topological polar surface area (TPSA) is 76.1 Å². The maximum absolute atomic E-state index is 12.5. The van der Waals surface area contributed by atoms with Crippen molar-refractivity contribution in [1.82, 2.24) is 15.3 Å². The van der Waals surface area contributed by atoms with E-state index in [1.807, 2.05) is 24.3 Å². The van der Waals surface area contributed by atoms with Crippen LogP contribution in [0.4, 0.5) is 5.95 Å². The standard InChI is InChI=1S/C20H26N4O2/c1-26-18-11-7-6-8-15(18)14-22-20-21-13-12-17(24-20)19(25)23-16-9-4-2-3-5-10-16/h6-8,11-13,16H,2-5,9-10,14H2,1H3,(H,23,25)(H,21,22,24). The highest BCUT2D eigenvalue weighted by Crippen LogP contribution is 2.19. The Morgan fingerprint density at radius 3 is 2.69 bits per heavy atom. The van der Waals surface area contributed by atoms with Gasteiger partial charge in [0.1, 0.15) is 11.4 Å². The van der Waals surface area contributed by atoms with Crippen LogP contribution in [0.25, 0.3) is 0 Å². The Bertz CT molecular complexity index is 727. The predicted octanol–water partition coefficient (Wildman–Crippen LogP) is 3.55. The zero-order chi connectivity index (χ0) is 18.2. The average Bonchev–Trinajstić information content (AvgIpc) is 2.95. The third kappa shape index (κ3) is 4.94. The van der Waals surface area contributed by atoms with E-state index in [-0.39, 0.29) is 11.9 Å². The summed E-state index contributed by atoms with van der Waals surface area (Å²) in [4.78, 5) is 21.1. The molecule has 1 saturated carbocycles.